The standard InChI is InChI=1S/C10H19BrO2/c1-12-6-7-13-9-10(8-11)4-2-3-5-10/h2-9H2,1H3. The highest BCUT2D eigenvalue weighted by Gasteiger charge is 2.32. The number of ether oxygens (including phenoxy) is 2. The van der Waals surface area contributed by atoms with Gasteiger partial charge in [-0.2, -0.15) is 0 Å². The molecule has 0 amide bonds. The summed E-state index contributed by atoms with van der Waals surface area (Å²) in [5, 5.41) is 1.08. The average Bonchev–Trinajstić information content (AvgIpc) is 2.62. The zero-order chi connectivity index (χ0) is 9.57. The molecule has 0 aliphatic heterocycles. The zero-order valence-corrected chi connectivity index (χ0v) is 9.94. The van der Waals surface area contributed by atoms with Crippen molar-refractivity contribution in [1.29, 1.82) is 0 Å². The molecule has 1 fully saturated rings. The van der Waals surface area contributed by atoms with E-state index in [1.165, 1.54) is 25.7 Å². The second kappa shape index (κ2) is 5.99. The molecule has 0 unspecified atom stereocenters. The highest BCUT2D eigenvalue weighted by atomic mass is 79.9. The first-order chi connectivity index (χ1) is 6.33. The quantitative estimate of drug-likeness (QED) is 0.533. The third-order valence-corrected chi connectivity index (χ3v) is 3.98. The lowest BCUT2D eigenvalue weighted by molar-refractivity contribution is 0.0260. The number of halogens is 1. The Hall–Kier alpha value is 0.400. The molecule has 3 heteroatoms. The predicted molar refractivity (Wildman–Crippen MR) is 57.4 cm³/mol. The first kappa shape index (κ1) is 11.5. The van der Waals surface area contributed by atoms with Crippen LogP contribution < -0.4 is 0 Å². The topological polar surface area (TPSA) is 18.5 Å². The monoisotopic (exact) mass is 250 g/mol. The summed E-state index contributed by atoms with van der Waals surface area (Å²) in [6, 6.07) is 0. The second-order valence-electron chi connectivity index (χ2n) is 3.89. The van der Waals surface area contributed by atoms with Gasteiger partial charge >= 0.3 is 0 Å². The summed E-state index contributed by atoms with van der Waals surface area (Å²) in [5.74, 6) is 0. The van der Waals surface area contributed by atoms with Crippen LogP contribution in [0.3, 0.4) is 0 Å². The molecule has 0 aromatic rings. The lowest BCUT2D eigenvalue weighted by Gasteiger charge is -2.25. The first-order valence-corrected chi connectivity index (χ1v) is 6.08. The Morgan fingerprint density at radius 2 is 1.92 bits per heavy atom. The van der Waals surface area contributed by atoms with Crippen LogP contribution in [0.25, 0.3) is 0 Å². The summed E-state index contributed by atoms with van der Waals surface area (Å²) in [4.78, 5) is 0. The van der Waals surface area contributed by atoms with Crippen LogP contribution in [-0.2, 0) is 9.47 Å². The molecule has 0 N–H and O–H groups in total. The van der Waals surface area contributed by atoms with Crippen molar-refractivity contribution in [3.63, 3.8) is 0 Å². The van der Waals surface area contributed by atoms with Crippen LogP contribution >= 0.6 is 15.9 Å². The molecule has 0 saturated heterocycles. The summed E-state index contributed by atoms with van der Waals surface area (Å²) in [6.07, 6.45) is 5.34. The molecule has 0 bridgehead atoms. The maximum Gasteiger partial charge on any atom is 0.0700 e. The van der Waals surface area contributed by atoms with Crippen molar-refractivity contribution >= 4 is 15.9 Å². The fraction of sp³-hybridized carbons (Fsp3) is 1.00. The zero-order valence-electron chi connectivity index (χ0n) is 8.35. The minimum absolute atomic E-state index is 0.424. The van der Waals surface area contributed by atoms with E-state index in [0.29, 0.717) is 12.0 Å². The van der Waals surface area contributed by atoms with Gasteiger partial charge in [0.05, 0.1) is 19.8 Å². The number of rotatable bonds is 6. The molecule has 1 aliphatic rings. The van der Waals surface area contributed by atoms with E-state index in [-0.39, 0.29) is 0 Å². The van der Waals surface area contributed by atoms with Crippen molar-refractivity contribution in [3.05, 3.63) is 0 Å². The van der Waals surface area contributed by atoms with Gasteiger partial charge in [0.2, 0.25) is 0 Å². The van der Waals surface area contributed by atoms with Gasteiger partial charge in [-0.3, -0.25) is 0 Å². The Balaban J connectivity index is 2.16. The van der Waals surface area contributed by atoms with Gasteiger partial charge in [-0.05, 0) is 12.8 Å². The van der Waals surface area contributed by atoms with Crippen LogP contribution in [0.1, 0.15) is 25.7 Å². The smallest absolute Gasteiger partial charge is 0.0700 e. The summed E-state index contributed by atoms with van der Waals surface area (Å²) in [5.41, 5.74) is 0.424. The highest BCUT2D eigenvalue weighted by molar-refractivity contribution is 9.09. The molecule has 1 aliphatic carbocycles. The molecule has 0 atom stereocenters. The summed E-state index contributed by atoms with van der Waals surface area (Å²) >= 11 is 3.59. The normalized spacial score (nSPS) is 20.8. The number of alkyl halides is 1. The first-order valence-electron chi connectivity index (χ1n) is 4.96. The Kier molecular flexibility index (Phi) is 5.29. The van der Waals surface area contributed by atoms with Crippen molar-refractivity contribution in [2.75, 3.05) is 32.3 Å². The third kappa shape index (κ3) is 3.56. The van der Waals surface area contributed by atoms with Crippen molar-refractivity contribution in [2.45, 2.75) is 25.7 Å². The van der Waals surface area contributed by atoms with E-state index in [9.17, 15) is 0 Å². The molecule has 13 heavy (non-hydrogen) atoms. The number of hydrogen-bond donors (Lipinski definition) is 0. The Bertz CT molecular complexity index is 133. The molecule has 0 spiro atoms. The lowest BCUT2D eigenvalue weighted by Crippen LogP contribution is -2.26. The van der Waals surface area contributed by atoms with Crippen LogP contribution in [-0.4, -0.2) is 32.3 Å². The van der Waals surface area contributed by atoms with Gasteiger partial charge in [-0.15, -0.1) is 0 Å². The van der Waals surface area contributed by atoms with Crippen LogP contribution in [0, 0.1) is 5.41 Å². The van der Waals surface area contributed by atoms with E-state index in [1.807, 2.05) is 0 Å². The van der Waals surface area contributed by atoms with E-state index < -0.39 is 0 Å². The van der Waals surface area contributed by atoms with Crippen molar-refractivity contribution in [3.8, 4) is 0 Å². The molecule has 78 valence electrons. The minimum Gasteiger partial charge on any atom is -0.382 e. The van der Waals surface area contributed by atoms with Gasteiger partial charge < -0.3 is 9.47 Å². The van der Waals surface area contributed by atoms with E-state index >= 15 is 0 Å². The van der Waals surface area contributed by atoms with Gasteiger partial charge in [0, 0.05) is 17.9 Å². The van der Waals surface area contributed by atoms with Crippen molar-refractivity contribution < 1.29 is 9.47 Å². The number of methoxy groups -OCH3 is 1. The third-order valence-electron chi connectivity index (χ3n) is 2.79. The molecule has 0 heterocycles. The highest BCUT2D eigenvalue weighted by Crippen LogP contribution is 2.39. The summed E-state index contributed by atoms with van der Waals surface area (Å²) in [6.45, 7) is 2.32. The Morgan fingerprint density at radius 1 is 1.23 bits per heavy atom. The Labute approximate surface area is 89.1 Å². The average molecular weight is 251 g/mol. The molecule has 0 aromatic heterocycles. The predicted octanol–water partition coefficient (Wildman–Crippen LogP) is 2.60. The molecule has 0 aromatic carbocycles. The SMILES string of the molecule is COCCOCC1(CBr)CCCC1. The van der Waals surface area contributed by atoms with Gasteiger partial charge in [0.15, 0.2) is 0 Å². The molecular weight excluding hydrogens is 232 g/mol. The second-order valence-corrected chi connectivity index (χ2v) is 4.45. The summed E-state index contributed by atoms with van der Waals surface area (Å²) < 4.78 is 10.5. The van der Waals surface area contributed by atoms with Gasteiger partial charge in [-0.25, -0.2) is 0 Å². The van der Waals surface area contributed by atoms with E-state index in [1.54, 1.807) is 7.11 Å². The summed E-state index contributed by atoms with van der Waals surface area (Å²) in [7, 11) is 1.71. The fourth-order valence-corrected chi connectivity index (χ4v) is 2.60. The maximum atomic E-state index is 5.60. The molecule has 2 nitrogen and oxygen atoms in total. The largest absolute Gasteiger partial charge is 0.382 e. The number of hydrogen-bond acceptors (Lipinski definition) is 2. The van der Waals surface area contributed by atoms with Crippen molar-refractivity contribution in [2.24, 2.45) is 5.41 Å². The van der Waals surface area contributed by atoms with Crippen LogP contribution in [0.2, 0.25) is 0 Å². The minimum atomic E-state index is 0.424. The maximum absolute atomic E-state index is 5.60. The lowest BCUT2D eigenvalue weighted by atomic mass is 9.90. The molecular formula is C10H19BrO2. The van der Waals surface area contributed by atoms with Crippen LogP contribution in [0.4, 0.5) is 0 Å². The van der Waals surface area contributed by atoms with Gasteiger partial charge in [0.25, 0.3) is 0 Å². The fourth-order valence-electron chi connectivity index (χ4n) is 1.87. The van der Waals surface area contributed by atoms with Gasteiger partial charge in [0.1, 0.15) is 0 Å². The molecule has 0 radical (unpaired) electrons. The molecule has 1 rings (SSSR count). The van der Waals surface area contributed by atoms with Gasteiger partial charge in [-0.1, -0.05) is 28.8 Å². The van der Waals surface area contributed by atoms with E-state index in [0.717, 1.165) is 18.5 Å². The molecule has 1 saturated carbocycles. The van der Waals surface area contributed by atoms with Crippen molar-refractivity contribution in [1.82, 2.24) is 0 Å². The van der Waals surface area contributed by atoms with E-state index in [4.69, 9.17) is 9.47 Å². The Morgan fingerprint density at radius 3 is 2.46 bits per heavy atom. The van der Waals surface area contributed by atoms with E-state index in [2.05, 4.69) is 15.9 Å². The van der Waals surface area contributed by atoms with Crippen LogP contribution in [0.15, 0.2) is 0 Å². The van der Waals surface area contributed by atoms with Crippen LogP contribution in [0.5, 0.6) is 0 Å².